The van der Waals surface area contributed by atoms with Crippen LogP contribution in [0, 0.1) is 0 Å². The van der Waals surface area contributed by atoms with E-state index in [1.807, 2.05) is 19.1 Å². The van der Waals surface area contributed by atoms with Crippen LogP contribution in [-0.2, 0) is 13.0 Å². The largest absolute Gasteiger partial charge is 0.492 e. The van der Waals surface area contributed by atoms with E-state index in [1.54, 1.807) is 0 Å². The van der Waals surface area contributed by atoms with Gasteiger partial charge in [0.1, 0.15) is 5.75 Å². The summed E-state index contributed by atoms with van der Waals surface area (Å²) in [6.45, 7) is 4.52. The van der Waals surface area contributed by atoms with E-state index in [0.29, 0.717) is 6.61 Å². The molecule has 2 aromatic carbocycles. The molecule has 3 nitrogen and oxygen atoms in total. The molecule has 0 amide bonds. The number of para-hydroxylation sites is 1. The maximum atomic E-state index is 6.25. The number of nitrogens with two attached hydrogens (primary N) is 1. The van der Waals surface area contributed by atoms with Crippen LogP contribution in [0.15, 0.2) is 42.5 Å². The van der Waals surface area contributed by atoms with Crippen molar-refractivity contribution >= 4 is 11.4 Å². The van der Waals surface area contributed by atoms with Crippen LogP contribution in [0.4, 0.5) is 11.4 Å². The molecule has 0 aliphatic carbocycles. The van der Waals surface area contributed by atoms with Crippen molar-refractivity contribution in [3.05, 3.63) is 53.6 Å². The minimum Gasteiger partial charge on any atom is -0.492 e. The zero-order valence-corrected chi connectivity index (χ0v) is 11.8. The third-order valence-electron chi connectivity index (χ3n) is 3.81. The van der Waals surface area contributed by atoms with Gasteiger partial charge in [-0.25, -0.2) is 0 Å². The molecule has 0 radical (unpaired) electrons. The Morgan fingerprint density at radius 1 is 1.10 bits per heavy atom. The highest BCUT2D eigenvalue weighted by Gasteiger charge is 2.19. The Hall–Kier alpha value is -2.16. The number of hydrogen-bond acceptors (Lipinski definition) is 3. The molecule has 0 saturated heterocycles. The SMILES string of the molecule is CCOc1cccc(N2CCc3ccccc3C2)c1N. The second-order valence-electron chi connectivity index (χ2n) is 5.06. The van der Waals surface area contributed by atoms with E-state index in [1.165, 1.54) is 11.1 Å². The van der Waals surface area contributed by atoms with E-state index in [4.69, 9.17) is 10.5 Å². The Balaban J connectivity index is 1.90. The van der Waals surface area contributed by atoms with Crippen molar-refractivity contribution in [3.63, 3.8) is 0 Å². The third kappa shape index (κ3) is 2.31. The lowest BCUT2D eigenvalue weighted by atomic mass is 9.99. The maximum absolute atomic E-state index is 6.25. The van der Waals surface area contributed by atoms with Gasteiger partial charge in [0, 0.05) is 13.1 Å². The van der Waals surface area contributed by atoms with Crippen LogP contribution in [0.5, 0.6) is 5.75 Å². The van der Waals surface area contributed by atoms with E-state index < -0.39 is 0 Å². The fourth-order valence-electron chi connectivity index (χ4n) is 2.79. The zero-order chi connectivity index (χ0) is 13.9. The first kappa shape index (κ1) is 12.9. The maximum Gasteiger partial charge on any atom is 0.144 e. The predicted octanol–water partition coefficient (Wildman–Crippen LogP) is 3.23. The van der Waals surface area contributed by atoms with Crippen molar-refractivity contribution in [1.82, 2.24) is 0 Å². The van der Waals surface area contributed by atoms with E-state index >= 15 is 0 Å². The number of benzene rings is 2. The molecular formula is C17H20N2O. The standard InChI is InChI=1S/C17H20N2O/c1-2-20-16-9-5-8-15(17(16)18)19-11-10-13-6-3-4-7-14(13)12-19/h3-9H,2,10-12,18H2,1H3. The Kier molecular flexibility index (Phi) is 3.50. The van der Waals surface area contributed by atoms with Crippen molar-refractivity contribution in [2.45, 2.75) is 19.9 Å². The van der Waals surface area contributed by atoms with Crippen molar-refractivity contribution in [2.75, 3.05) is 23.8 Å². The first-order valence-corrected chi connectivity index (χ1v) is 7.12. The molecule has 0 aromatic heterocycles. The fraction of sp³-hybridized carbons (Fsp3) is 0.294. The van der Waals surface area contributed by atoms with E-state index in [0.717, 1.165) is 36.6 Å². The summed E-state index contributed by atoms with van der Waals surface area (Å²) in [4.78, 5) is 2.33. The number of fused-ring (bicyclic) bond motifs is 1. The minimum absolute atomic E-state index is 0.635. The second-order valence-corrected chi connectivity index (χ2v) is 5.06. The molecule has 3 rings (SSSR count). The lowest BCUT2D eigenvalue weighted by Gasteiger charge is -2.32. The van der Waals surface area contributed by atoms with E-state index in [9.17, 15) is 0 Å². The van der Waals surface area contributed by atoms with Crippen molar-refractivity contribution in [3.8, 4) is 5.75 Å². The van der Waals surface area contributed by atoms with Crippen molar-refractivity contribution in [1.29, 1.82) is 0 Å². The molecule has 3 heteroatoms. The number of anilines is 2. The highest BCUT2D eigenvalue weighted by Crippen LogP contribution is 2.34. The lowest BCUT2D eigenvalue weighted by Crippen LogP contribution is -2.30. The normalized spacial score (nSPS) is 13.9. The molecule has 0 spiro atoms. The minimum atomic E-state index is 0.635. The number of nitrogen functional groups attached to an aromatic ring is 1. The third-order valence-corrected chi connectivity index (χ3v) is 3.81. The molecular weight excluding hydrogens is 248 g/mol. The monoisotopic (exact) mass is 268 g/mol. The topological polar surface area (TPSA) is 38.5 Å². The van der Waals surface area contributed by atoms with E-state index in [-0.39, 0.29) is 0 Å². The Bertz CT molecular complexity index is 610. The Morgan fingerprint density at radius 3 is 2.70 bits per heavy atom. The van der Waals surface area contributed by atoms with Crippen molar-refractivity contribution < 1.29 is 4.74 Å². The summed E-state index contributed by atoms with van der Waals surface area (Å²) in [6, 6.07) is 14.6. The summed E-state index contributed by atoms with van der Waals surface area (Å²) in [5.74, 6) is 0.781. The first-order chi connectivity index (χ1) is 9.79. The fourth-order valence-corrected chi connectivity index (χ4v) is 2.79. The summed E-state index contributed by atoms with van der Waals surface area (Å²) in [5.41, 5.74) is 10.9. The van der Waals surface area contributed by atoms with Gasteiger partial charge in [-0.15, -0.1) is 0 Å². The quantitative estimate of drug-likeness (QED) is 0.869. The number of hydrogen-bond donors (Lipinski definition) is 1. The van der Waals surface area contributed by atoms with Crippen LogP contribution in [0.3, 0.4) is 0 Å². The van der Waals surface area contributed by atoms with Crippen LogP contribution < -0.4 is 15.4 Å². The van der Waals surface area contributed by atoms with Gasteiger partial charge in [0.2, 0.25) is 0 Å². The van der Waals surface area contributed by atoms with Gasteiger partial charge in [-0.2, -0.15) is 0 Å². The molecule has 104 valence electrons. The molecule has 0 saturated carbocycles. The Labute approximate surface area is 120 Å². The summed E-state index contributed by atoms with van der Waals surface area (Å²) in [5, 5.41) is 0. The van der Waals surface area contributed by atoms with Crippen LogP contribution in [0.1, 0.15) is 18.1 Å². The van der Waals surface area contributed by atoms with Gasteiger partial charge < -0.3 is 15.4 Å². The van der Waals surface area contributed by atoms with Crippen LogP contribution in [-0.4, -0.2) is 13.2 Å². The lowest BCUT2D eigenvalue weighted by molar-refractivity contribution is 0.342. The number of ether oxygens (including phenoxy) is 1. The van der Waals surface area contributed by atoms with Gasteiger partial charge in [-0.3, -0.25) is 0 Å². The molecule has 0 unspecified atom stereocenters. The van der Waals surface area contributed by atoms with Gasteiger partial charge in [0.05, 0.1) is 18.0 Å². The van der Waals surface area contributed by atoms with Crippen LogP contribution in [0.25, 0.3) is 0 Å². The van der Waals surface area contributed by atoms with Crippen LogP contribution >= 0.6 is 0 Å². The molecule has 1 aliphatic rings. The van der Waals surface area contributed by atoms with Gasteiger partial charge >= 0.3 is 0 Å². The predicted molar refractivity (Wildman–Crippen MR) is 83.2 cm³/mol. The Morgan fingerprint density at radius 2 is 1.90 bits per heavy atom. The smallest absolute Gasteiger partial charge is 0.144 e. The van der Waals surface area contributed by atoms with E-state index in [2.05, 4.69) is 35.2 Å². The summed E-state index contributed by atoms with van der Waals surface area (Å²) >= 11 is 0. The highest BCUT2D eigenvalue weighted by atomic mass is 16.5. The van der Waals surface area contributed by atoms with Crippen LogP contribution in [0.2, 0.25) is 0 Å². The molecule has 0 fully saturated rings. The molecule has 0 atom stereocenters. The average molecular weight is 268 g/mol. The van der Waals surface area contributed by atoms with Gasteiger partial charge in [0.25, 0.3) is 0 Å². The first-order valence-electron chi connectivity index (χ1n) is 7.12. The molecule has 2 aromatic rings. The molecule has 2 N–H and O–H groups in total. The van der Waals surface area contributed by atoms with Gasteiger partial charge in [-0.05, 0) is 36.6 Å². The molecule has 1 heterocycles. The zero-order valence-electron chi connectivity index (χ0n) is 11.8. The summed E-state index contributed by atoms with van der Waals surface area (Å²) in [6.07, 6.45) is 1.06. The highest BCUT2D eigenvalue weighted by molar-refractivity contribution is 5.74. The molecule has 20 heavy (non-hydrogen) atoms. The molecule has 1 aliphatic heterocycles. The van der Waals surface area contributed by atoms with Gasteiger partial charge in [0.15, 0.2) is 0 Å². The molecule has 0 bridgehead atoms. The number of nitrogens with zero attached hydrogens (tertiary/aromatic N) is 1. The van der Waals surface area contributed by atoms with Gasteiger partial charge in [-0.1, -0.05) is 30.3 Å². The number of rotatable bonds is 3. The van der Waals surface area contributed by atoms with Crippen molar-refractivity contribution in [2.24, 2.45) is 0 Å². The summed E-state index contributed by atoms with van der Waals surface area (Å²) in [7, 11) is 0. The average Bonchev–Trinajstić information content (AvgIpc) is 2.49. The summed E-state index contributed by atoms with van der Waals surface area (Å²) < 4.78 is 5.59. The second kappa shape index (κ2) is 5.45.